The van der Waals surface area contributed by atoms with Crippen LogP contribution in [-0.4, -0.2) is 49.8 Å². The fraction of sp³-hybridized carbons (Fsp3) is 0.391. The van der Waals surface area contributed by atoms with Gasteiger partial charge in [0, 0.05) is 36.5 Å². The van der Waals surface area contributed by atoms with E-state index in [1.54, 1.807) is 30.9 Å². The van der Waals surface area contributed by atoms with Gasteiger partial charge in [-0.3, -0.25) is 9.59 Å². The lowest BCUT2D eigenvalue weighted by Gasteiger charge is -2.28. The van der Waals surface area contributed by atoms with Crippen molar-refractivity contribution < 1.29 is 19.1 Å². The van der Waals surface area contributed by atoms with Crippen LogP contribution in [-0.2, 0) is 9.59 Å². The van der Waals surface area contributed by atoms with Crippen molar-refractivity contribution in [3.8, 4) is 11.5 Å². The first-order chi connectivity index (χ1) is 14.5. The average molecular weight is 427 g/mol. The van der Waals surface area contributed by atoms with Gasteiger partial charge in [0.15, 0.2) is 0 Å². The van der Waals surface area contributed by atoms with Gasteiger partial charge in [0.05, 0.1) is 20.1 Å². The number of hydrogen-bond acceptors (Lipinski definition) is 5. The monoisotopic (exact) mass is 426 g/mol. The minimum atomic E-state index is -0.336. The number of nitrogens with zero attached hydrogens (tertiary/aromatic N) is 2. The van der Waals surface area contributed by atoms with E-state index in [2.05, 4.69) is 0 Å². The molecule has 6 nitrogen and oxygen atoms in total. The third-order valence-electron chi connectivity index (χ3n) is 5.70. The highest BCUT2D eigenvalue weighted by Crippen LogP contribution is 2.44. The quantitative estimate of drug-likeness (QED) is 0.731. The number of carbonyl (C=O) groups excluding carboxylic acids is 2. The summed E-state index contributed by atoms with van der Waals surface area (Å²) in [5, 5.41) is -0.147. The smallest absolute Gasteiger partial charge is 0.229 e. The van der Waals surface area contributed by atoms with Crippen LogP contribution in [0.15, 0.2) is 42.5 Å². The van der Waals surface area contributed by atoms with Crippen molar-refractivity contribution in [1.29, 1.82) is 0 Å². The fourth-order valence-corrected chi connectivity index (χ4v) is 5.35. The van der Waals surface area contributed by atoms with Gasteiger partial charge in [0.25, 0.3) is 0 Å². The van der Waals surface area contributed by atoms with Crippen LogP contribution in [0.1, 0.15) is 22.9 Å². The molecule has 2 atom stereocenters. The predicted molar refractivity (Wildman–Crippen MR) is 118 cm³/mol. The van der Waals surface area contributed by atoms with Crippen LogP contribution in [0, 0.1) is 12.8 Å². The van der Waals surface area contributed by atoms with Crippen LogP contribution in [0.4, 0.5) is 5.69 Å². The zero-order chi connectivity index (χ0) is 21.3. The van der Waals surface area contributed by atoms with E-state index in [9.17, 15) is 9.59 Å². The topological polar surface area (TPSA) is 59.1 Å². The highest BCUT2D eigenvalue weighted by molar-refractivity contribution is 7.99. The number of thioether (sulfide) groups is 1. The third kappa shape index (κ3) is 3.86. The van der Waals surface area contributed by atoms with E-state index in [0.717, 1.165) is 34.1 Å². The van der Waals surface area contributed by atoms with E-state index in [-0.39, 0.29) is 29.5 Å². The number of aryl methyl sites for hydroxylation is 1. The minimum Gasteiger partial charge on any atom is -0.497 e. The van der Waals surface area contributed by atoms with Gasteiger partial charge in [-0.25, -0.2) is 0 Å². The molecule has 158 valence electrons. The van der Waals surface area contributed by atoms with Crippen molar-refractivity contribution in [2.45, 2.75) is 18.7 Å². The van der Waals surface area contributed by atoms with Crippen LogP contribution >= 0.6 is 11.8 Å². The first-order valence-corrected chi connectivity index (χ1v) is 11.1. The molecule has 0 bridgehead atoms. The molecule has 2 aromatic carbocycles. The maximum Gasteiger partial charge on any atom is 0.229 e. The molecule has 7 heteroatoms. The molecule has 0 aromatic heterocycles. The molecule has 2 unspecified atom stereocenters. The Labute approximate surface area is 181 Å². The summed E-state index contributed by atoms with van der Waals surface area (Å²) in [6, 6.07) is 13.5. The van der Waals surface area contributed by atoms with E-state index >= 15 is 0 Å². The Morgan fingerprint density at radius 1 is 1.10 bits per heavy atom. The normalized spacial score (nSPS) is 21.2. The number of amides is 2. The van der Waals surface area contributed by atoms with Gasteiger partial charge in [-0.1, -0.05) is 17.7 Å². The summed E-state index contributed by atoms with van der Waals surface area (Å²) in [6.45, 7) is 3.09. The number of ether oxygens (including phenoxy) is 2. The van der Waals surface area contributed by atoms with Gasteiger partial charge in [-0.2, -0.15) is 0 Å². The molecule has 0 N–H and O–H groups in total. The number of hydrogen-bond donors (Lipinski definition) is 0. The summed E-state index contributed by atoms with van der Waals surface area (Å²) in [5.74, 6) is 2.00. The number of carbonyl (C=O) groups is 2. The Balaban J connectivity index is 1.54. The van der Waals surface area contributed by atoms with Gasteiger partial charge in [0.2, 0.25) is 11.8 Å². The van der Waals surface area contributed by atoms with Gasteiger partial charge in [-0.05, 0) is 37.3 Å². The SMILES string of the molecule is COc1ccc(OC)c(C2SCCN2C(=O)C2CC(=O)N(c3ccc(C)cc3)C2)c1. The highest BCUT2D eigenvalue weighted by atomic mass is 32.2. The molecular weight excluding hydrogens is 400 g/mol. The molecule has 0 aliphatic carbocycles. The number of anilines is 1. The van der Waals surface area contributed by atoms with Crippen LogP contribution in [0.3, 0.4) is 0 Å². The minimum absolute atomic E-state index is 0.000404. The van der Waals surface area contributed by atoms with E-state index in [1.807, 2.05) is 54.3 Å². The Morgan fingerprint density at radius 3 is 2.57 bits per heavy atom. The Hall–Kier alpha value is -2.67. The van der Waals surface area contributed by atoms with Crippen LogP contribution in [0.2, 0.25) is 0 Å². The molecule has 2 amide bonds. The highest BCUT2D eigenvalue weighted by Gasteiger charge is 2.41. The zero-order valence-corrected chi connectivity index (χ0v) is 18.3. The zero-order valence-electron chi connectivity index (χ0n) is 17.5. The predicted octanol–water partition coefficient (Wildman–Crippen LogP) is 3.64. The van der Waals surface area contributed by atoms with Gasteiger partial charge < -0.3 is 19.3 Å². The molecule has 0 spiro atoms. The summed E-state index contributed by atoms with van der Waals surface area (Å²) in [6.07, 6.45) is 0.246. The Bertz CT molecular complexity index is 947. The molecule has 2 aliphatic heterocycles. The average Bonchev–Trinajstić information content (AvgIpc) is 3.40. The standard InChI is InChI=1S/C23H26N2O4S/c1-15-4-6-17(7-5-15)25-14-16(12-21(25)26)22(27)24-10-11-30-23(24)19-13-18(28-2)8-9-20(19)29-3/h4-9,13,16,23H,10-12,14H2,1-3H3. The first-order valence-electron chi connectivity index (χ1n) is 10.0. The second-order valence-electron chi connectivity index (χ2n) is 7.60. The number of benzene rings is 2. The van der Waals surface area contributed by atoms with E-state index < -0.39 is 0 Å². The van der Waals surface area contributed by atoms with Gasteiger partial charge in [0.1, 0.15) is 16.9 Å². The molecule has 2 heterocycles. The maximum atomic E-state index is 13.4. The summed E-state index contributed by atoms with van der Waals surface area (Å²) in [7, 11) is 3.26. The summed E-state index contributed by atoms with van der Waals surface area (Å²) >= 11 is 1.71. The summed E-state index contributed by atoms with van der Waals surface area (Å²) < 4.78 is 10.9. The summed E-state index contributed by atoms with van der Waals surface area (Å²) in [5.41, 5.74) is 2.91. The molecule has 2 aromatic rings. The van der Waals surface area contributed by atoms with Crippen molar-refractivity contribution in [2.75, 3.05) is 38.0 Å². The number of rotatable bonds is 5. The second kappa shape index (κ2) is 8.60. The van der Waals surface area contributed by atoms with Gasteiger partial charge in [-0.15, -0.1) is 11.8 Å². The molecular formula is C23H26N2O4S. The Kier molecular flexibility index (Phi) is 5.90. The molecule has 0 saturated carbocycles. The molecule has 4 rings (SSSR count). The molecule has 2 saturated heterocycles. The molecule has 0 radical (unpaired) electrons. The summed E-state index contributed by atoms with van der Waals surface area (Å²) in [4.78, 5) is 29.7. The van der Waals surface area contributed by atoms with Gasteiger partial charge >= 0.3 is 0 Å². The number of methoxy groups -OCH3 is 2. The van der Waals surface area contributed by atoms with Crippen LogP contribution < -0.4 is 14.4 Å². The largest absolute Gasteiger partial charge is 0.497 e. The molecule has 2 aliphatic rings. The molecule has 30 heavy (non-hydrogen) atoms. The van der Waals surface area contributed by atoms with Crippen molar-refractivity contribution in [3.05, 3.63) is 53.6 Å². The van der Waals surface area contributed by atoms with E-state index in [4.69, 9.17) is 9.47 Å². The lowest BCUT2D eigenvalue weighted by molar-refractivity contribution is -0.136. The van der Waals surface area contributed by atoms with E-state index in [0.29, 0.717) is 13.1 Å². The first kappa shape index (κ1) is 20.6. The molecule has 2 fully saturated rings. The lowest BCUT2D eigenvalue weighted by atomic mass is 10.1. The van der Waals surface area contributed by atoms with Crippen molar-refractivity contribution >= 4 is 29.3 Å². The third-order valence-corrected chi connectivity index (χ3v) is 6.94. The Morgan fingerprint density at radius 2 is 1.87 bits per heavy atom. The maximum absolute atomic E-state index is 13.4. The van der Waals surface area contributed by atoms with Crippen molar-refractivity contribution in [1.82, 2.24) is 4.90 Å². The van der Waals surface area contributed by atoms with Crippen LogP contribution in [0.25, 0.3) is 0 Å². The fourth-order valence-electron chi connectivity index (χ4n) is 4.07. The van der Waals surface area contributed by atoms with Crippen molar-refractivity contribution in [2.24, 2.45) is 5.92 Å². The van der Waals surface area contributed by atoms with Crippen LogP contribution in [0.5, 0.6) is 11.5 Å². The van der Waals surface area contributed by atoms with Crippen molar-refractivity contribution in [3.63, 3.8) is 0 Å². The lowest BCUT2D eigenvalue weighted by Crippen LogP contribution is -2.37. The second-order valence-corrected chi connectivity index (χ2v) is 8.79. The van der Waals surface area contributed by atoms with E-state index in [1.165, 1.54) is 0 Å².